The third-order valence-corrected chi connectivity index (χ3v) is 5.01. The first-order valence-corrected chi connectivity index (χ1v) is 7.87. The van der Waals surface area contributed by atoms with Crippen LogP contribution in [0.2, 0.25) is 0 Å². The number of anilines is 2. The maximum atomic E-state index is 11.5. The van der Waals surface area contributed by atoms with Gasteiger partial charge in [0.25, 0.3) is 0 Å². The maximum absolute atomic E-state index is 11.5. The van der Waals surface area contributed by atoms with Gasteiger partial charge in [0, 0.05) is 17.5 Å². The number of nitrogens with zero attached hydrogens (tertiary/aromatic N) is 3. The molecule has 0 aliphatic carbocycles. The van der Waals surface area contributed by atoms with Crippen LogP contribution in [0.25, 0.3) is 10.2 Å². The third kappa shape index (κ3) is 2.53. The van der Waals surface area contributed by atoms with Gasteiger partial charge in [0.15, 0.2) is 0 Å². The summed E-state index contributed by atoms with van der Waals surface area (Å²) in [5.41, 5.74) is 11.3. The molecule has 3 heterocycles. The molecule has 2 aromatic rings. The highest BCUT2D eigenvalue weighted by molar-refractivity contribution is 7.18. The quantitative estimate of drug-likeness (QED) is 0.879. The lowest BCUT2D eigenvalue weighted by Crippen LogP contribution is -2.46. The van der Waals surface area contributed by atoms with Crippen molar-refractivity contribution in [3.63, 3.8) is 0 Å². The Hall–Kier alpha value is -1.89. The number of thiophene rings is 1. The molecular formula is C14H19N5OS. The number of hydrogen-bond donors (Lipinski definition) is 2. The SMILES string of the molecule is Cc1cc2c(N3CC(C(N)=O)CCC3C)nc(N)nc2s1. The minimum atomic E-state index is -0.244. The summed E-state index contributed by atoms with van der Waals surface area (Å²) in [7, 11) is 0. The Bertz CT molecular complexity index is 698. The number of nitrogens with two attached hydrogens (primary N) is 2. The predicted octanol–water partition coefficient (Wildman–Crippen LogP) is 1.67. The van der Waals surface area contributed by atoms with Crippen molar-refractivity contribution in [2.75, 3.05) is 17.2 Å². The van der Waals surface area contributed by atoms with Gasteiger partial charge < -0.3 is 16.4 Å². The van der Waals surface area contributed by atoms with Crippen molar-refractivity contribution in [2.45, 2.75) is 32.7 Å². The van der Waals surface area contributed by atoms with Gasteiger partial charge in [0.1, 0.15) is 10.6 Å². The van der Waals surface area contributed by atoms with Gasteiger partial charge in [-0.05, 0) is 32.8 Å². The highest BCUT2D eigenvalue weighted by atomic mass is 32.1. The van der Waals surface area contributed by atoms with Crippen LogP contribution in [-0.4, -0.2) is 28.5 Å². The Morgan fingerprint density at radius 2 is 2.19 bits per heavy atom. The zero-order valence-corrected chi connectivity index (χ0v) is 13.0. The molecule has 2 atom stereocenters. The van der Waals surface area contributed by atoms with E-state index in [1.54, 1.807) is 11.3 Å². The van der Waals surface area contributed by atoms with Crippen molar-refractivity contribution in [3.05, 3.63) is 10.9 Å². The number of hydrogen-bond acceptors (Lipinski definition) is 6. The molecule has 0 bridgehead atoms. The highest BCUT2D eigenvalue weighted by Crippen LogP contribution is 2.35. The van der Waals surface area contributed by atoms with E-state index >= 15 is 0 Å². The zero-order chi connectivity index (χ0) is 15.1. The lowest BCUT2D eigenvalue weighted by Gasteiger charge is -2.38. The monoisotopic (exact) mass is 305 g/mol. The van der Waals surface area contributed by atoms with Crippen LogP contribution in [0.15, 0.2) is 6.07 Å². The fourth-order valence-corrected chi connectivity index (χ4v) is 3.78. The van der Waals surface area contributed by atoms with Gasteiger partial charge in [-0.3, -0.25) is 4.79 Å². The van der Waals surface area contributed by atoms with Crippen molar-refractivity contribution in [1.82, 2.24) is 9.97 Å². The van der Waals surface area contributed by atoms with Crippen molar-refractivity contribution >= 4 is 39.2 Å². The van der Waals surface area contributed by atoms with E-state index in [4.69, 9.17) is 11.5 Å². The van der Waals surface area contributed by atoms with Gasteiger partial charge in [-0.25, -0.2) is 4.98 Å². The van der Waals surface area contributed by atoms with Crippen LogP contribution in [0.5, 0.6) is 0 Å². The predicted molar refractivity (Wildman–Crippen MR) is 85.3 cm³/mol. The molecule has 0 saturated carbocycles. The molecule has 7 heteroatoms. The lowest BCUT2D eigenvalue weighted by molar-refractivity contribution is -0.122. The Kier molecular flexibility index (Phi) is 3.44. The van der Waals surface area contributed by atoms with Crippen molar-refractivity contribution in [2.24, 2.45) is 11.7 Å². The van der Waals surface area contributed by atoms with Crippen LogP contribution < -0.4 is 16.4 Å². The second-order valence-electron chi connectivity index (χ2n) is 5.66. The molecule has 21 heavy (non-hydrogen) atoms. The number of primary amides is 1. The smallest absolute Gasteiger partial charge is 0.223 e. The van der Waals surface area contributed by atoms with E-state index in [1.807, 2.05) is 6.92 Å². The van der Waals surface area contributed by atoms with E-state index in [-0.39, 0.29) is 17.8 Å². The lowest BCUT2D eigenvalue weighted by atomic mass is 9.93. The van der Waals surface area contributed by atoms with Gasteiger partial charge in [0.05, 0.1) is 11.3 Å². The first kappa shape index (κ1) is 14.1. The number of aromatic nitrogens is 2. The number of fused-ring (bicyclic) bond motifs is 1. The topological polar surface area (TPSA) is 98.1 Å². The van der Waals surface area contributed by atoms with Crippen molar-refractivity contribution in [3.8, 4) is 0 Å². The molecule has 1 aliphatic heterocycles. The molecule has 1 aliphatic rings. The molecule has 0 spiro atoms. The maximum Gasteiger partial charge on any atom is 0.223 e. The largest absolute Gasteiger partial charge is 0.369 e. The Balaban J connectivity index is 2.07. The zero-order valence-electron chi connectivity index (χ0n) is 12.2. The molecule has 1 saturated heterocycles. The summed E-state index contributed by atoms with van der Waals surface area (Å²) in [5.74, 6) is 0.715. The van der Waals surface area contributed by atoms with Crippen molar-refractivity contribution < 1.29 is 4.79 Å². The fraction of sp³-hybridized carbons (Fsp3) is 0.500. The van der Waals surface area contributed by atoms with E-state index in [0.717, 1.165) is 28.9 Å². The van der Waals surface area contributed by atoms with Crippen LogP contribution in [0.1, 0.15) is 24.6 Å². The molecule has 6 nitrogen and oxygen atoms in total. The number of nitrogen functional groups attached to an aromatic ring is 1. The molecule has 2 aromatic heterocycles. The van der Waals surface area contributed by atoms with Crippen LogP contribution in [0.4, 0.5) is 11.8 Å². The molecule has 0 radical (unpaired) electrons. The fourth-order valence-electron chi connectivity index (χ4n) is 2.90. The normalized spacial score (nSPS) is 22.7. The number of carbonyl (C=O) groups is 1. The minimum Gasteiger partial charge on any atom is -0.369 e. The van der Waals surface area contributed by atoms with E-state index in [9.17, 15) is 4.79 Å². The highest BCUT2D eigenvalue weighted by Gasteiger charge is 2.31. The van der Waals surface area contributed by atoms with E-state index in [1.165, 1.54) is 4.88 Å². The Morgan fingerprint density at radius 1 is 1.43 bits per heavy atom. The summed E-state index contributed by atoms with van der Waals surface area (Å²) in [5, 5.41) is 1.00. The Labute approximate surface area is 127 Å². The second-order valence-corrected chi connectivity index (χ2v) is 6.89. The molecule has 112 valence electrons. The molecule has 2 unspecified atom stereocenters. The van der Waals surface area contributed by atoms with Crippen LogP contribution in [-0.2, 0) is 4.79 Å². The molecule has 1 fully saturated rings. The average molecular weight is 305 g/mol. The summed E-state index contributed by atoms with van der Waals surface area (Å²) in [6, 6.07) is 2.38. The van der Waals surface area contributed by atoms with Crippen molar-refractivity contribution in [1.29, 1.82) is 0 Å². The van der Waals surface area contributed by atoms with Crippen LogP contribution >= 0.6 is 11.3 Å². The van der Waals surface area contributed by atoms with Crippen LogP contribution in [0.3, 0.4) is 0 Å². The Morgan fingerprint density at radius 3 is 2.90 bits per heavy atom. The first-order chi connectivity index (χ1) is 9.95. The van der Waals surface area contributed by atoms with Gasteiger partial charge in [0.2, 0.25) is 11.9 Å². The van der Waals surface area contributed by atoms with E-state index < -0.39 is 0 Å². The number of carbonyl (C=O) groups excluding carboxylic acids is 1. The number of aryl methyl sites for hydroxylation is 1. The summed E-state index contributed by atoms with van der Waals surface area (Å²) in [6.45, 7) is 4.77. The first-order valence-electron chi connectivity index (χ1n) is 7.05. The molecule has 1 amide bonds. The summed E-state index contributed by atoms with van der Waals surface area (Å²) in [6.07, 6.45) is 1.75. The second kappa shape index (κ2) is 5.14. The summed E-state index contributed by atoms with van der Waals surface area (Å²) >= 11 is 1.60. The summed E-state index contributed by atoms with van der Waals surface area (Å²) < 4.78 is 0. The number of amides is 1. The standard InChI is InChI=1S/C14H19N5OS/c1-7-3-4-9(11(15)20)6-19(7)12-10-5-8(2)21-13(10)18-14(16)17-12/h5,7,9H,3-4,6H2,1-2H3,(H2,15,20)(H2,16,17,18). The van der Waals surface area contributed by atoms with E-state index in [0.29, 0.717) is 12.6 Å². The minimum absolute atomic E-state index is 0.132. The average Bonchev–Trinajstić information content (AvgIpc) is 2.78. The van der Waals surface area contributed by atoms with E-state index in [2.05, 4.69) is 27.9 Å². The van der Waals surface area contributed by atoms with Crippen LogP contribution in [0, 0.1) is 12.8 Å². The summed E-state index contributed by atoms with van der Waals surface area (Å²) in [4.78, 5) is 24.4. The number of rotatable bonds is 2. The number of piperidine rings is 1. The van der Waals surface area contributed by atoms with Gasteiger partial charge in [-0.1, -0.05) is 0 Å². The van der Waals surface area contributed by atoms with Gasteiger partial charge in [-0.15, -0.1) is 11.3 Å². The molecule has 4 N–H and O–H groups in total. The van der Waals surface area contributed by atoms with Gasteiger partial charge >= 0.3 is 0 Å². The van der Waals surface area contributed by atoms with Gasteiger partial charge in [-0.2, -0.15) is 4.98 Å². The molecule has 0 aromatic carbocycles. The molecule has 3 rings (SSSR count). The molecular weight excluding hydrogens is 286 g/mol. The third-order valence-electron chi connectivity index (χ3n) is 4.07.